The van der Waals surface area contributed by atoms with E-state index in [2.05, 4.69) is 43.1 Å². The van der Waals surface area contributed by atoms with Gasteiger partial charge in [0.15, 0.2) is 0 Å². The van der Waals surface area contributed by atoms with Gasteiger partial charge in [-0.1, -0.05) is 43.6 Å². The van der Waals surface area contributed by atoms with Gasteiger partial charge in [-0.25, -0.2) is 5.53 Å². The number of ether oxygens (including phenoxy) is 1. The molecule has 0 saturated carbocycles. The number of hydrazine groups is 2. The second-order valence-electron chi connectivity index (χ2n) is 8.24. The average molecular weight is 549 g/mol. The summed E-state index contributed by atoms with van der Waals surface area (Å²) in [5, 5.41) is 11.7. The maximum atomic E-state index is 12.2. The van der Waals surface area contributed by atoms with Crippen molar-refractivity contribution in [2.24, 2.45) is 5.10 Å². The van der Waals surface area contributed by atoms with Gasteiger partial charge < -0.3 is 4.74 Å². The number of hydrogen-bond acceptors (Lipinski definition) is 8. The van der Waals surface area contributed by atoms with E-state index in [0.717, 1.165) is 22.0 Å². The van der Waals surface area contributed by atoms with Crippen LogP contribution in [0.25, 0.3) is 11.4 Å². The molecular weight excluding hydrogens is 516 g/mol. The summed E-state index contributed by atoms with van der Waals surface area (Å²) in [6.07, 6.45) is 3.41. The van der Waals surface area contributed by atoms with Crippen molar-refractivity contribution < 1.29 is 9.53 Å². The summed E-state index contributed by atoms with van der Waals surface area (Å²) in [6, 6.07) is 19.0. The summed E-state index contributed by atoms with van der Waals surface area (Å²) in [7, 11) is 1.61. The third-order valence-electron chi connectivity index (χ3n) is 5.32. The molecule has 39 heavy (non-hydrogen) atoms. The molecular formula is C28H33ClN8O2. The Labute approximate surface area is 233 Å². The van der Waals surface area contributed by atoms with Crippen LogP contribution in [0.15, 0.2) is 78.2 Å². The summed E-state index contributed by atoms with van der Waals surface area (Å²) in [6.45, 7) is 8.64. The van der Waals surface area contributed by atoms with Crippen molar-refractivity contribution in [1.29, 1.82) is 0 Å². The normalized spacial score (nSPS) is 11.5. The van der Waals surface area contributed by atoms with Gasteiger partial charge in [0.05, 0.1) is 31.2 Å². The van der Waals surface area contributed by atoms with E-state index in [1.54, 1.807) is 31.6 Å². The Morgan fingerprint density at radius 1 is 1.03 bits per heavy atom. The highest BCUT2D eigenvalue weighted by atomic mass is 35.5. The number of amides is 1. The molecule has 0 fully saturated rings. The summed E-state index contributed by atoms with van der Waals surface area (Å²) in [5.74, 6) is 0.752. The number of methoxy groups -OCH3 is 1. The second kappa shape index (κ2) is 14.5. The van der Waals surface area contributed by atoms with Crippen LogP contribution in [0.2, 0.25) is 5.02 Å². The van der Waals surface area contributed by atoms with E-state index in [-0.39, 0.29) is 5.91 Å². The van der Waals surface area contributed by atoms with Gasteiger partial charge >= 0.3 is 0 Å². The van der Waals surface area contributed by atoms with E-state index in [1.807, 2.05) is 74.8 Å². The molecule has 4 aromatic rings. The summed E-state index contributed by atoms with van der Waals surface area (Å²) in [4.78, 5) is 16.6. The van der Waals surface area contributed by atoms with E-state index >= 15 is 0 Å². The monoisotopic (exact) mass is 548 g/mol. The molecule has 4 N–H and O–H groups in total. The largest absolute Gasteiger partial charge is 0.495 e. The maximum Gasteiger partial charge on any atom is 0.258 e. The molecule has 11 heteroatoms. The van der Waals surface area contributed by atoms with Gasteiger partial charge in [0.2, 0.25) is 5.96 Å². The van der Waals surface area contributed by atoms with Gasteiger partial charge in [-0.15, -0.1) is 10.6 Å². The zero-order chi connectivity index (χ0) is 28.2. The average Bonchev–Trinajstić information content (AvgIpc) is 3.62. The second-order valence-corrected chi connectivity index (χ2v) is 8.67. The Hall–Kier alpha value is -4.41. The zero-order valence-corrected chi connectivity index (χ0v) is 23.4. The van der Waals surface area contributed by atoms with Crippen LogP contribution in [0, 0.1) is 13.8 Å². The van der Waals surface area contributed by atoms with Crippen molar-refractivity contribution in [1.82, 2.24) is 36.6 Å². The third-order valence-corrected chi connectivity index (χ3v) is 5.54. The lowest BCUT2D eigenvalue weighted by molar-refractivity contribution is 0.0976. The van der Waals surface area contributed by atoms with Gasteiger partial charge in [0.1, 0.15) is 5.75 Å². The number of guanidine groups is 1. The Balaban J connectivity index is 0.000000322. The highest BCUT2D eigenvalue weighted by Gasteiger charge is 2.12. The first kappa shape index (κ1) is 29.2. The van der Waals surface area contributed by atoms with Crippen LogP contribution >= 0.6 is 11.6 Å². The molecule has 0 atom stereocenters. The number of nitrogens with one attached hydrogen (secondary N) is 4. The number of hydrazone groups is 1. The molecule has 0 aliphatic carbocycles. The maximum absolute atomic E-state index is 12.2. The zero-order valence-electron chi connectivity index (χ0n) is 22.6. The lowest BCUT2D eigenvalue weighted by Crippen LogP contribution is -2.43. The van der Waals surface area contributed by atoms with Crippen molar-refractivity contribution in [3.05, 3.63) is 100 Å². The minimum absolute atomic E-state index is 0.259. The summed E-state index contributed by atoms with van der Waals surface area (Å²) in [5.41, 5.74) is 13.4. The molecule has 1 amide bonds. The van der Waals surface area contributed by atoms with Crippen LogP contribution in [-0.2, 0) is 6.54 Å². The molecule has 0 saturated heterocycles. The summed E-state index contributed by atoms with van der Waals surface area (Å²) >= 11 is 5.75. The Kier molecular flexibility index (Phi) is 10.8. The fourth-order valence-electron chi connectivity index (χ4n) is 3.62. The molecule has 204 valence electrons. The number of benzene rings is 2. The SMILES string of the molecule is CC.COc1ccc(-c2ccnn2Cc2ccc(C(=O)NC3=NNNN3)cc2)nc1.Cc1cc(C)cc(Cl)c1. The van der Waals surface area contributed by atoms with Crippen LogP contribution in [0.4, 0.5) is 0 Å². The Morgan fingerprint density at radius 3 is 2.31 bits per heavy atom. The molecule has 0 radical (unpaired) electrons. The first-order valence-corrected chi connectivity index (χ1v) is 12.8. The third kappa shape index (κ3) is 8.56. The number of halogens is 1. The fourth-order valence-corrected chi connectivity index (χ4v) is 3.96. The number of carbonyl (C=O) groups is 1. The first-order chi connectivity index (χ1) is 18.9. The minimum Gasteiger partial charge on any atom is -0.495 e. The van der Waals surface area contributed by atoms with Crippen LogP contribution < -0.4 is 26.5 Å². The standard InChI is InChI=1S/C18H18N8O2.C8H9Cl.C2H6/c1-28-14-6-7-15(19-10-14)16-8-9-20-26(16)11-12-2-4-13(5-3-12)17(27)21-18-22-24-25-23-18;1-6-3-7(2)5-8(9)4-6;1-2/h2-10,24-25H,11H2,1H3,(H2,21,22,23,27);3-5H,1-2H3;1-2H3. The smallest absolute Gasteiger partial charge is 0.258 e. The van der Waals surface area contributed by atoms with Crippen LogP contribution in [0.5, 0.6) is 5.75 Å². The topological polar surface area (TPSA) is 117 Å². The number of carbonyl (C=O) groups excluding carboxylic acids is 1. The van der Waals surface area contributed by atoms with E-state index in [0.29, 0.717) is 23.8 Å². The van der Waals surface area contributed by atoms with E-state index in [9.17, 15) is 4.79 Å². The lowest BCUT2D eigenvalue weighted by atomic mass is 10.1. The molecule has 1 aliphatic heterocycles. The molecule has 0 bridgehead atoms. The van der Waals surface area contributed by atoms with E-state index in [1.165, 1.54) is 11.1 Å². The minimum atomic E-state index is -0.259. The number of pyridine rings is 1. The van der Waals surface area contributed by atoms with Crippen molar-refractivity contribution in [3.8, 4) is 17.1 Å². The molecule has 10 nitrogen and oxygen atoms in total. The van der Waals surface area contributed by atoms with Gasteiger partial charge in [0, 0.05) is 16.8 Å². The highest BCUT2D eigenvalue weighted by molar-refractivity contribution is 6.30. The quantitative estimate of drug-likeness (QED) is 0.288. The van der Waals surface area contributed by atoms with Crippen molar-refractivity contribution in [2.45, 2.75) is 34.2 Å². The number of nitrogens with zero attached hydrogens (tertiary/aromatic N) is 4. The first-order valence-electron chi connectivity index (χ1n) is 12.4. The van der Waals surface area contributed by atoms with Gasteiger partial charge in [-0.2, -0.15) is 5.10 Å². The van der Waals surface area contributed by atoms with Gasteiger partial charge in [0.25, 0.3) is 5.91 Å². The molecule has 1 aliphatic rings. The van der Waals surface area contributed by atoms with Crippen molar-refractivity contribution in [2.75, 3.05) is 7.11 Å². The molecule has 0 unspecified atom stereocenters. The number of rotatable bonds is 5. The number of hydrogen-bond donors (Lipinski definition) is 4. The predicted octanol–water partition coefficient (Wildman–Crippen LogP) is 4.60. The fraction of sp³-hybridized carbons (Fsp3) is 0.214. The number of aryl methyl sites for hydroxylation is 2. The molecule has 2 aromatic heterocycles. The number of aromatic nitrogens is 3. The van der Waals surface area contributed by atoms with Crippen molar-refractivity contribution >= 4 is 23.5 Å². The summed E-state index contributed by atoms with van der Waals surface area (Å²) < 4.78 is 7.01. The van der Waals surface area contributed by atoms with Crippen LogP contribution in [0.3, 0.4) is 0 Å². The van der Waals surface area contributed by atoms with Gasteiger partial charge in [-0.05, 0) is 73.0 Å². The molecule has 0 spiro atoms. The highest BCUT2D eigenvalue weighted by Crippen LogP contribution is 2.20. The van der Waals surface area contributed by atoms with Crippen LogP contribution in [-0.4, -0.2) is 33.7 Å². The van der Waals surface area contributed by atoms with E-state index in [4.69, 9.17) is 16.3 Å². The van der Waals surface area contributed by atoms with Crippen LogP contribution in [0.1, 0.15) is 40.9 Å². The molecule has 3 heterocycles. The Bertz CT molecular complexity index is 1340. The Morgan fingerprint density at radius 2 is 1.74 bits per heavy atom. The predicted molar refractivity (Wildman–Crippen MR) is 154 cm³/mol. The van der Waals surface area contributed by atoms with Crippen molar-refractivity contribution in [3.63, 3.8) is 0 Å². The molecule has 5 rings (SSSR count). The molecule has 2 aromatic carbocycles. The van der Waals surface area contributed by atoms with Gasteiger partial charge in [-0.3, -0.25) is 25.2 Å². The lowest BCUT2D eigenvalue weighted by Gasteiger charge is -2.09. The van der Waals surface area contributed by atoms with E-state index < -0.39 is 0 Å².